The first-order valence-corrected chi connectivity index (χ1v) is 5.33. The first-order valence-electron chi connectivity index (χ1n) is 5.33. The molecule has 5 heteroatoms. The summed E-state index contributed by atoms with van der Waals surface area (Å²) in [6.07, 6.45) is 2.84. The first-order chi connectivity index (χ1) is 7.92. The summed E-state index contributed by atoms with van der Waals surface area (Å²) in [5.74, 6) is 0.648. The zero-order chi connectivity index (χ0) is 12.6. The molecule has 0 atom stereocenters. The summed E-state index contributed by atoms with van der Waals surface area (Å²) in [6, 6.07) is 3.93. The Bertz CT molecular complexity index is 572. The summed E-state index contributed by atoms with van der Waals surface area (Å²) in [5, 5.41) is 0. The van der Waals surface area contributed by atoms with E-state index in [9.17, 15) is 4.79 Å². The van der Waals surface area contributed by atoms with Crippen molar-refractivity contribution in [3.63, 3.8) is 0 Å². The van der Waals surface area contributed by atoms with E-state index in [4.69, 9.17) is 10.5 Å². The lowest BCUT2D eigenvalue weighted by molar-refractivity contribution is 0.0360. The van der Waals surface area contributed by atoms with E-state index in [1.165, 1.54) is 0 Å². The van der Waals surface area contributed by atoms with Gasteiger partial charge < -0.3 is 14.9 Å². The van der Waals surface area contributed by atoms with Crippen molar-refractivity contribution in [1.82, 2.24) is 9.38 Å². The fraction of sp³-hybridized carbons (Fsp3) is 0.333. The molecule has 0 aliphatic heterocycles. The number of pyridine rings is 1. The average Bonchev–Trinajstić information content (AvgIpc) is 2.61. The molecule has 0 aliphatic carbocycles. The Kier molecular flexibility index (Phi) is 2.53. The number of aryl methyl sites for hydroxylation is 1. The molecule has 0 unspecified atom stereocenters. The van der Waals surface area contributed by atoms with Crippen LogP contribution in [0.15, 0.2) is 24.5 Å². The van der Waals surface area contributed by atoms with E-state index >= 15 is 0 Å². The highest BCUT2D eigenvalue weighted by molar-refractivity contribution is 5.65. The van der Waals surface area contributed by atoms with Crippen molar-refractivity contribution < 1.29 is 9.53 Å². The Morgan fingerprint density at radius 2 is 2.24 bits per heavy atom. The van der Waals surface area contributed by atoms with Gasteiger partial charge in [0, 0.05) is 6.20 Å². The van der Waals surface area contributed by atoms with Gasteiger partial charge in [-0.25, -0.2) is 9.78 Å². The summed E-state index contributed by atoms with van der Waals surface area (Å²) in [4.78, 5) is 15.2. The SMILES string of the molecule is Cc1cccn2c(C(C)(C)OC(N)=O)ncc12. The van der Waals surface area contributed by atoms with Crippen LogP contribution in [0.3, 0.4) is 0 Å². The van der Waals surface area contributed by atoms with Gasteiger partial charge >= 0.3 is 6.09 Å². The lowest BCUT2D eigenvalue weighted by Crippen LogP contribution is -2.30. The molecule has 90 valence electrons. The maximum absolute atomic E-state index is 10.9. The van der Waals surface area contributed by atoms with E-state index in [2.05, 4.69) is 4.98 Å². The number of amides is 1. The standard InChI is InChI=1S/C12H15N3O2/c1-8-5-4-6-15-9(8)7-14-10(15)12(2,3)17-11(13)16/h4-7H,1-3H3,(H2,13,16). The molecule has 0 saturated carbocycles. The van der Waals surface area contributed by atoms with Crippen molar-refractivity contribution in [2.75, 3.05) is 0 Å². The predicted octanol–water partition coefficient (Wildman–Crippen LogP) is 1.97. The molecule has 0 saturated heterocycles. The minimum Gasteiger partial charge on any atom is -0.435 e. The summed E-state index contributed by atoms with van der Waals surface area (Å²) >= 11 is 0. The zero-order valence-corrected chi connectivity index (χ0v) is 10.1. The second-order valence-corrected chi connectivity index (χ2v) is 4.46. The van der Waals surface area contributed by atoms with Crippen LogP contribution in [-0.4, -0.2) is 15.5 Å². The maximum Gasteiger partial charge on any atom is 0.405 e. The van der Waals surface area contributed by atoms with Crippen molar-refractivity contribution >= 4 is 11.6 Å². The van der Waals surface area contributed by atoms with Gasteiger partial charge in [0.05, 0.1) is 11.7 Å². The van der Waals surface area contributed by atoms with Gasteiger partial charge in [-0.1, -0.05) is 6.07 Å². The highest BCUT2D eigenvalue weighted by Crippen LogP contribution is 2.25. The van der Waals surface area contributed by atoms with E-state index in [0.717, 1.165) is 11.1 Å². The molecule has 2 aromatic rings. The smallest absolute Gasteiger partial charge is 0.405 e. The van der Waals surface area contributed by atoms with Gasteiger partial charge in [-0.05, 0) is 32.4 Å². The minimum absolute atomic E-state index is 0.648. The molecule has 0 fully saturated rings. The fourth-order valence-corrected chi connectivity index (χ4v) is 1.90. The molecule has 0 radical (unpaired) electrons. The number of rotatable bonds is 2. The fourth-order valence-electron chi connectivity index (χ4n) is 1.90. The number of hydrogen-bond donors (Lipinski definition) is 1. The lowest BCUT2D eigenvalue weighted by atomic mass is 10.1. The number of imidazole rings is 1. The third-order valence-corrected chi connectivity index (χ3v) is 2.68. The Morgan fingerprint density at radius 1 is 1.53 bits per heavy atom. The molecular weight excluding hydrogens is 218 g/mol. The Labute approximate surface area is 99.2 Å². The van der Waals surface area contributed by atoms with E-state index in [-0.39, 0.29) is 0 Å². The van der Waals surface area contributed by atoms with Gasteiger partial charge in [-0.3, -0.25) is 0 Å². The van der Waals surface area contributed by atoms with Crippen LogP contribution < -0.4 is 5.73 Å². The molecule has 2 aromatic heterocycles. The molecular formula is C12H15N3O2. The van der Waals surface area contributed by atoms with Crippen LogP contribution in [0.5, 0.6) is 0 Å². The Hall–Kier alpha value is -2.04. The molecule has 0 bridgehead atoms. The zero-order valence-electron chi connectivity index (χ0n) is 10.1. The molecule has 17 heavy (non-hydrogen) atoms. The first kappa shape index (κ1) is 11.4. The molecule has 0 aromatic carbocycles. The number of carbonyl (C=O) groups is 1. The average molecular weight is 233 g/mol. The van der Waals surface area contributed by atoms with Gasteiger partial charge in [-0.15, -0.1) is 0 Å². The highest BCUT2D eigenvalue weighted by Gasteiger charge is 2.29. The van der Waals surface area contributed by atoms with Crippen LogP contribution in [0.25, 0.3) is 5.52 Å². The number of nitrogens with zero attached hydrogens (tertiary/aromatic N) is 2. The summed E-state index contributed by atoms with van der Waals surface area (Å²) in [6.45, 7) is 5.52. The van der Waals surface area contributed by atoms with Crippen LogP contribution in [0, 0.1) is 6.92 Å². The second-order valence-electron chi connectivity index (χ2n) is 4.46. The molecule has 2 heterocycles. The van der Waals surface area contributed by atoms with Crippen LogP contribution in [-0.2, 0) is 10.3 Å². The molecule has 2 N–H and O–H groups in total. The largest absolute Gasteiger partial charge is 0.435 e. The van der Waals surface area contributed by atoms with Crippen molar-refractivity contribution in [2.24, 2.45) is 5.73 Å². The number of carbonyl (C=O) groups excluding carboxylic acids is 1. The van der Waals surface area contributed by atoms with Crippen LogP contribution >= 0.6 is 0 Å². The van der Waals surface area contributed by atoms with Crippen LogP contribution in [0.1, 0.15) is 25.2 Å². The van der Waals surface area contributed by atoms with E-state index in [0.29, 0.717) is 5.82 Å². The highest BCUT2D eigenvalue weighted by atomic mass is 16.6. The van der Waals surface area contributed by atoms with Crippen molar-refractivity contribution in [3.8, 4) is 0 Å². The van der Waals surface area contributed by atoms with Gasteiger partial charge in [0.1, 0.15) is 0 Å². The number of ether oxygens (including phenoxy) is 1. The van der Waals surface area contributed by atoms with Crippen molar-refractivity contribution in [1.29, 1.82) is 0 Å². The third-order valence-electron chi connectivity index (χ3n) is 2.68. The second kappa shape index (κ2) is 3.76. The van der Waals surface area contributed by atoms with E-state index < -0.39 is 11.7 Å². The number of primary amides is 1. The normalized spacial score (nSPS) is 11.7. The lowest BCUT2D eigenvalue weighted by Gasteiger charge is -2.22. The Balaban J connectivity index is 2.56. The Morgan fingerprint density at radius 3 is 2.88 bits per heavy atom. The number of aromatic nitrogens is 2. The van der Waals surface area contributed by atoms with Gasteiger partial charge in [-0.2, -0.15) is 0 Å². The molecule has 5 nitrogen and oxygen atoms in total. The van der Waals surface area contributed by atoms with Gasteiger partial charge in [0.15, 0.2) is 11.4 Å². The molecule has 2 rings (SSSR count). The number of fused-ring (bicyclic) bond motifs is 1. The van der Waals surface area contributed by atoms with E-state index in [1.54, 1.807) is 20.0 Å². The predicted molar refractivity (Wildman–Crippen MR) is 63.6 cm³/mol. The number of nitrogens with two attached hydrogens (primary N) is 1. The van der Waals surface area contributed by atoms with Crippen LogP contribution in [0.2, 0.25) is 0 Å². The van der Waals surface area contributed by atoms with Gasteiger partial charge in [0.25, 0.3) is 0 Å². The maximum atomic E-state index is 10.9. The van der Waals surface area contributed by atoms with Crippen molar-refractivity contribution in [2.45, 2.75) is 26.4 Å². The van der Waals surface area contributed by atoms with Crippen LogP contribution in [0.4, 0.5) is 4.79 Å². The number of hydrogen-bond acceptors (Lipinski definition) is 3. The summed E-state index contributed by atoms with van der Waals surface area (Å²) in [7, 11) is 0. The summed E-state index contributed by atoms with van der Waals surface area (Å²) in [5.41, 5.74) is 6.31. The monoisotopic (exact) mass is 233 g/mol. The van der Waals surface area contributed by atoms with E-state index in [1.807, 2.05) is 29.7 Å². The molecule has 1 amide bonds. The van der Waals surface area contributed by atoms with Gasteiger partial charge in [0.2, 0.25) is 0 Å². The minimum atomic E-state index is -0.855. The molecule has 0 spiro atoms. The van der Waals surface area contributed by atoms with Crippen molar-refractivity contribution in [3.05, 3.63) is 35.9 Å². The third kappa shape index (κ3) is 1.95. The summed E-state index contributed by atoms with van der Waals surface area (Å²) < 4.78 is 6.99. The molecule has 0 aliphatic rings. The topological polar surface area (TPSA) is 69.6 Å². The quantitative estimate of drug-likeness (QED) is 0.862.